The summed E-state index contributed by atoms with van der Waals surface area (Å²) in [6.07, 6.45) is 1.97. The summed E-state index contributed by atoms with van der Waals surface area (Å²) in [5.41, 5.74) is 2.18. The van der Waals surface area contributed by atoms with Crippen molar-refractivity contribution in [3.8, 4) is 0 Å². The highest BCUT2D eigenvalue weighted by Crippen LogP contribution is 2.20. The first kappa shape index (κ1) is 8.00. The molecular weight excluding hydrogens is 240 g/mol. The average Bonchev–Trinajstić information content (AvgIpc) is 2.54. The van der Waals surface area contributed by atoms with E-state index >= 15 is 0 Å². The molecule has 2 heterocycles. The smallest absolute Gasteiger partial charge is 0.0933 e. The van der Waals surface area contributed by atoms with Crippen molar-refractivity contribution in [1.29, 1.82) is 0 Å². The third-order valence-electron chi connectivity index (χ3n) is 2.29. The number of nitrogens with zero attached hydrogens (tertiary/aromatic N) is 2. The Morgan fingerprint density at radius 3 is 2.86 bits per heavy atom. The van der Waals surface area contributed by atoms with Crippen LogP contribution < -0.4 is 0 Å². The van der Waals surface area contributed by atoms with Crippen molar-refractivity contribution in [3.05, 3.63) is 47.1 Å². The van der Waals surface area contributed by atoms with E-state index in [0.29, 0.717) is 0 Å². The molecule has 0 aliphatic carbocycles. The molecule has 1 aromatic carbocycles. The molecule has 2 nitrogen and oxygen atoms in total. The van der Waals surface area contributed by atoms with E-state index in [-0.39, 0.29) is 0 Å². The van der Waals surface area contributed by atoms with Gasteiger partial charge in [-0.3, -0.25) is 0 Å². The van der Waals surface area contributed by atoms with E-state index in [4.69, 9.17) is 0 Å². The predicted octanol–water partition coefficient (Wildman–Crippen LogP) is 3.25. The van der Waals surface area contributed by atoms with E-state index in [9.17, 15) is 0 Å². The summed E-state index contributed by atoms with van der Waals surface area (Å²) in [5.74, 6) is 0. The number of hydrogen-bond acceptors (Lipinski definition) is 1. The first-order chi connectivity index (χ1) is 6.84. The summed E-state index contributed by atoms with van der Waals surface area (Å²) in [7, 11) is 0. The third kappa shape index (κ3) is 1.06. The Morgan fingerprint density at radius 1 is 1.07 bits per heavy atom. The summed E-state index contributed by atoms with van der Waals surface area (Å²) in [6, 6.07) is 12.3. The minimum Gasteiger partial charge on any atom is -0.239 e. The number of benzene rings is 1. The summed E-state index contributed by atoms with van der Waals surface area (Å²) in [6.45, 7) is 0. The van der Waals surface area contributed by atoms with Crippen molar-refractivity contribution in [3.63, 3.8) is 0 Å². The first-order valence-corrected chi connectivity index (χ1v) is 5.16. The third-order valence-corrected chi connectivity index (χ3v) is 2.76. The minimum atomic E-state index is 1.03. The van der Waals surface area contributed by atoms with E-state index in [2.05, 4.69) is 33.2 Å². The number of aromatic nitrogens is 2. The molecule has 14 heavy (non-hydrogen) atoms. The van der Waals surface area contributed by atoms with Crippen molar-refractivity contribution < 1.29 is 0 Å². The van der Waals surface area contributed by atoms with Crippen LogP contribution in [0.15, 0.2) is 47.1 Å². The van der Waals surface area contributed by atoms with Crippen LogP contribution in [0.4, 0.5) is 0 Å². The van der Waals surface area contributed by atoms with Gasteiger partial charge in [0.15, 0.2) is 0 Å². The maximum absolute atomic E-state index is 4.46. The minimum absolute atomic E-state index is 1.03. The Labute approximate surface area is 89.3 Å². The number of rotatable bonds is 0. The van der Waals surface area contributed by atoms with E-state index in [1.807, 2.05) is 35.0 Å². The Balaban J connectivity index is 2.57. The van der Waals surface area contributed by atoms with Crippen molar-refractivity contribution in [2.75, 3.05) is 0 Å². The van der Waals surface area contributed by atoms with Gasteiger partial charge in [-0.25, -0.2) is 4.52 Å². The fourth-order valence-electron chi connectivity index (χ4n) is 1.65. The van der Waals surface area contributed by atoms with Gasteiger partial charge in [0.05, 0.1) is 11.0 Å². The van der Waals surface area contributed by atoms with Gasteiger partial charge < -0.3 is 0 Å². The van der Waals surface area contributed by atoms with Crippen LogP contribution in [-0.4, -0.2) is 9.61 Å². The Morgan fingerprint density at radius 2 is 1.93 bits per heavy atom. The molecule has 0 unspecified atom stereocenters. The van der Waals surface area contributed by atoms with Gasteiger partial charge in [0.25, 0.3) is 0 Å². The maximum Gasteiger partial charge on any atom is 0.0933 e. The van der Waals surface area contributed by atoms with Crippen LogP contribution in [0.5, 0.6) is 0 Å². The van der Waals surface area contributed by atoms with E-state index in [1.165, 1.54) is 5.39 Å². The highest BCUT2D eigenvalue weighted by molar-refractivity contribution is 9.10. The number of hydrogen-bond donors (Lipinski definition) is 0. The zero-order valence-corrected chi connectivity index (χ0v) is 8.90. The van der Waals surface area contributed by atoms with Crippen molar-refractivity contribution >= 4 is 32.3 Å². The van der Waals surface area contributed by atoms with Crippen molar-refractivity contribution in [2.24, 2.45) is 0 Å². The van der Waals surface area contributed by atoms with Gasteiger partial charge in [-0.05, 0) is 34.1 Å². The molecule has 2 aromatic heterocycles. The number of pyridine rings is 1. The summed E-state index contributed by atoms with van der Waals surface area (Å²) in [5, 5.41) is 5.66. The average molecular weight is 247 g/mol. The Kier molecular flexibility index (Phi) is 1.61. The summed E-state index contributed by atoms with van der Waals surface area (Å²) in [4.78, 5) is 0. The van der Waals surface area contributed by atoms with Crippen molar-refractivity contribution in [1.82, 2.24) is 9.61 Å². The van der Waals surface area contributed by atoms with Crippen LogP contribution in [0, 0.1) is 0 Å². The lowest BCUT2D eigenvalue weighted by atomic mass is 10.2. The zero-order valence-electron chi connectivity index (χ0n) is 7.31. The molecule has 3 heteroatoms. The van der Waals surface area contributed by atoms with Gasteiger partial charge in [-0.1, -0.05) is 18.2 Å². The molecule has 0 N–H and O–H groups in total. The second-order valence-electron chi connectivity index (χ2n) is 3.19. The van der Waals surface area contributed by atoms with E-state index < -0.39 is 0 Å². The van der Waals surface area contributed by atoms with Crippen LogP contribution in [0.25, 0.3) is 16.4 Å². The lowest BCUT2D eigenvalue weighted by Gasteiger charge is -1.92. The molecule has 0 aliphatic rings. The monoisotopic (exact) mass is 246 g/mol. The van der Waals surface area contributed by atoms with Gasteiger partial charge in [0, 0.05) is 16.1 Å². The van der Waals surface area contributed by atoms with Crippen LogP contribution in [0.2, 0.25) is 0 Å². The first-order valence-electron chi connectivity index (χ1n) is 4.37. The summed E-state index contributed by atoms with van der Waals surface area (Å²) >= 11 is 3.43. The van der Waals surface area contributed by atoms with Gasteiger partial charge in [-0.2, -0.15) is 5.10 Å². The topological polar surface area (TPSA) is 17.3 Å². The maximum atomic E-state index is 4.46. The lowest BCUT2D eigenvalue weighted by molar-refractivity contribution is 0.976. The lowest BCUT2D eigenvalue weighted by Crippen LogP contribution is -1.84. The van der Waals surface area contributed by atoms with Gasteiger partial charge >= 0.3 is 0 Å². The SMILES string of the molecule is Brc1ccc2c3ccccc3nn2c1. The molecule has 0 aliphatic heterocycles. The van der Waals surface area contributed by atoms with Gasteiger partial charge in [0.1, 0.15) is 0 Å². The predicted molar refractivity (Wildman–Crippen MR) is 60.4 cm³/mol. The normalized spacial score (nSPS) is 11.2. The number of halogens is 1. The van der Waals surface area contributed by atoms with Crippen molar-refractivity contribution in [2.45, 2.75) is 0 Å². The molecule has 0 radical (unpaired) electrons. The van der Waals surface area contributed by atoms with Gasteiger partial charge in [-0.15, -0.1) is 0 Å². The standard InChI is InChI=1S/C11H7BrN2/c12-8-5-6-11-9-3-1-2-4-10(9)13-14(11)7-8/h1-7H. The molecule has 0 saturated carbocycles. The molecule has 0 bridgehead atoms. The second kappa shape index (κ2) is 2.82. The van der Waals surface area contributed by atoms with E-state index in [1.54, 1.807) is 0 Å². The number of fused-ring (bicyclic) bond motifs is 3. The molecule has 0 amide bonds. The molecular formula is C11H7BrN2. The van der Waals surface area contributed by atoms with Crippen LogP contribution >= 0.6 is 15.9 Å². The van der Waals surface area contributed by atoms with Gasteiger partial charge in [0.2, 0.25) is 0 Å². The molecule has 3 aromatic rings. The highest BCUT2D eigenvalue weighted by atomic mass is 79.9. The zero-order chi connectivity index (χ0) is 9.54. The van der Waals surface area contributed by atoms with Crippen LogP contribution in [0.3, 0.4) is 0 Å². The Bertz CT molecular complexity index is 613. The molecule has 68 valence electrons. The quantitative estimate of drug-likeness (QED) is 0.596. The molecule has 0 atom stereocenters. The fraction of sp³-hybridized carbons (Fsp3) is 0. The second-order valence-corrected chi connectivity index (χ2v) is 4.11. The molecule has 0 saturated heterocycles. The summed E-state index contributed by atoms with van der Waals surface area (Å²) < 4.78 is 2.94. The molecule has 3 rings (SSSR count). The highest BCUT2D eigenvalue weighted by Gasteiger charge is 2.02. The fourth-order valence-corrected chi connectivity index (χ4v) is 1.98. The largest absolute Gasteiger partial charge is 0.239 e. The van der Waals surface area contributed by atoms with E-state index in [0.717, 1.165) is 15.5 Å². The van der Waals surface area contributed by atoms with Crippen LogP contribution in [0.1, 0.15) is 0 Å². The Hall–Kier alpha value is -1.35. The molecule has 0 fully saturated rings. The molecule has 0 spiro atoms. The van der Waals surface area contributed by atoms with Crippen LogP contribution in [-0.2, 0) is 0 Å².